The van der Waals surface area contributed by atoms with Crippen molar-refractivity contribution in [2.24, 2.45) is 0 Å². The Kier molecular flexibility index (Phi) is 5.47. The van der Waals surface area contributed by atoms with Crippen molar-refractivity contribution in [3.63, 3.8) is 0 Å². The van der Waals surface area contributed by atoms with Crippen molar-refractivity contribution in [1.82, 2.24) is 4.98 Å². The van der Waals surface area contributed by atoms with Gasteiger partial charge in [0.15, 0.2) is 5.82 Å². The fraction of sp³-hybridized carbons (Fsp3) is 0.348. The number of pyridine rings is 1. The molecule has 0 aliphatic heterocycles. The molecule has 1 fully saturated rings. The van der Waals surface area contributed by atoms with E-state index in [1.165, 1.54) is 12.3 Å². The lowest BCUT2D eigenvalue weighted by atomic mass is 9.98. The van der Waals surface area contributed by atoms with Crippen molar-refractivity contribution < 1.29 is 22.3 Å². The van der Waals surface area contributed by atoms with E-state index in [2.05, 4.69) is 9.71 Å². The zero-order valence-electron chi connectivity index (χ0n) is 17.4. The van der Waals surface area contributed by atoms with E-state index in [4.69, 9.17) is 0 Å². The Labute approximate surface area is 180 Å². The second-order valence-electron chi connectivity index (χ2n) is 8.27. The van der Waals surface area contributed by atoms with Gasteiger partial charge in [0.25, 0.3) is 0 Å². The summed E-state index contributed by atoms with van der Waals surface area (Å²) in [5.41, 5.74) is 1.96. The summed E-state index contributed by atoms with van der Waals surface area (Å²) in [6.07, 6.45) is 2.33. The Balaban J connectivity index is 1.86. The quantitative estimate of drug-likeness (QED) is 0.565. The van der Waals surface area contributed by atoms with Crippen LogP contribution in [0.15, 0.2) is 36.5 Å². The first-order valence-corrected chi connectivity index (χ1v) is 11.6. The number of aromatic nitrogens is 1. The number of aliphatic hydroxyl groups is 1. The number of hydrogen-bond acceptors (Lipinski definition) is 4. The number of aryl methyl sites for hydroxylation is 2. The number of fused-ring (bicyclic) bond motifs is 1. The molecule has 1 aromatic heterocycles. The number of anilines is 1. The van der Waals surface area contributed by atoms with E-state index in [1.807, 2.05) is 0 Å². The minimum absolute atomic E-state index is 0.0386. The van der Waals surface area contributed by atoms with Crippen molar-refractivity contribution in [2.75, 3.05) is 11.3 Å². The highest BCUT2D eigenvalue weighted by Crippen LogP contribution is 2.47. The van der Waals surface area contributed by atoms with Crippen molar-refractivity contribution in [2.45, 2.75) is 44.3 Å². The van der Waals surface area contributed by atoms with E-state index >= 15 is 4.39 Å². The summed E-state index contributed by atoms with van der Waals surface area (Å²) in [6.45, 7) is 3.29. The lowest BCUT2D eigenvalue weighted by Gasteiger charge is -2.20. The predicted molar refractivity (Wildman–Crippen MR) is 117 cm³/mol. The SMILES string of the molecule is Cc1ccc(Cc2c(NS(=O)(=O)C3(CCO)CC3)cc3c(C)ccnc3c2F)c(F)c1. The Morgan fingerprint density at radius 3 is 2.55 bits per heavy atom. The van der Waals surface area contributed by atoms with E-state index in [9.17, 15) is 17.9 Å². The number of hydrogen-bond donors (Lipinski definition) is 2. The molecule has 1 saturated carbocycles. The third-order valence-electron chi connectivity index (χ3n) is 6.06. The highest BCUT2D eigenvalue weighted by Gasteiger charge is 2.54. The van der Waals surface area contributed by atoms with Crippen LogP contribution in [0.3, 0.4) is 0 Å². The zero-order chi connectivity index (χ0) is 22.4. The van der Waals surface area contributed by atoms with Gasteiger partial charge >= 0.3 is 0 Å². The average molecular weight is 447 g/mol. The van der Waals surface area contributed by atoms with E-state index < -0.39 is 26.4 Å². The van der Waals surface area contributed by atoms with Crippen molar-refractivity contribution in [3.8, 4) is 0 Å². The van der Waals surface area contributed by atoms with Crippen LogP contribution in [0.1, 0.15) is 41.5 Å². The monoisotopic (exact) mass is 446 g/mol. The summed E-state index contributed by atoms with van der Waals surface area (Å²) >= 11 is 0. The molecule has 0 saturated heterocycles. The van der Waals surface area contributed by atoms with Crippen molar-refractivity contribution in [1.29, 1.82) is 0 Å². The minimum atomic E-state index is -3.88. The maximum Gasteiger partial charge on any atom is 0.238 e. The summed E-state index contributed by atoms with van der Waals surface area (Å²) in [6, 6.07) is 7.94. The number of halogens is 2. The highest BCUT2D eigenvalue weighted by molar-refractivity contribution is 7.94. The largest absolute Gasteiger partial charge is 0.396 e. The molecule has 1 heterocycles. The van der Waals surface area contributed by atoms with Crippen molar-refractivity contribution >= 4 is 26.6 Å². The van der Waals surface area contributed by atoms with Gasteiger partial charge in [0.2, 0.25) is 10.0 Å². The molecule has 0 unspecified atom stereocenters. The third-order valence-corrected chi connectivity index (χ3v) is 8.30. The van der Waals surface area contributed by atoms with Crippen LogP contribution in [0.4, 0.5) is 14.5 Å². The first-order chi connectivity index (χ1) is 14.7. The number of nitrogens with zero attached hydrogens (tertiary/aromatic N) is 1. The van der Waals surface area contributed by atoms with Crippen LogP contribution in [0.5, 0.6) is 0 Å². The minimum Gasteiger partial charge on any atom is -0.396 e. The zero-order valence-corrected chi connectivity index (χ0v) is 18.2. The highest BCUT2D eigenvalue weighted by atomic mass is 32.2. The molecule has 8 heteroatoms. The molecule has 5 nitrogen and oxygen atoms in total. The van der Waals surface area contributed by atoms with Gasteiger partial charge in [-0.05, 0) is 68.0 Å². The number of aliphatic hydroxyl groups excluding tert-OH is 1. The van der Waals surface area contributed by atoms with E-state index in [0.717, 1.165) is 11.1 Å². The van der Waals surface area contributed by atoms with Crippen LogP contribution in [-0.4, -0.2) is 29.9 Å². The van der Waals surface area contributed by atoms with Gasteiger partial charge in [-0.3, -0.25) is 9.71 Å². The Morgan fingerprint density at radius 1 is 1.16 bits per heavy atom. The van der Waals surface area contributed by atoms with Gasteiger partial charge in [-0.1, -0.05) is 12.1 Å². The molecule has 2 aromatic carbocycles. The molecule has 2 N–H and O–H groups in total. The van der Waals surface area contributed by atoms with E-state index in [0.29, 0.717) is 18.2 Å². The molecule has 0 amide bonds. The number of rotatable bonds is 7. The second kappa shape index (κ2) is 7.84. The molecule has 31 heavy (non-hydrogen) atoms. The summed E-state index contributed by atoms with van der Waals surface area (Å²) in [7, 11) is -3.88. The van der Waals surface area contributed by atoms with Gasteiger partial charge in [-0.25, -0.2) is 17.2 Å². The summed E-state index contributed by atoms with van der Waals surface area (Å²) in [5, 5.41) is 9.78. The average Bonchev–Trinajstić information content (AvgIpc) is 3.49. The Morgan fingerprint density at radius 2 is 1.90 bits per heavy atom. The molecule has 4 rings (SSSR count). The molecule has 3 aromatic rings. The Bertz CT molecular complexity index is 1270. The molecule has 1 aliphatic rings. The smallest absolute Gasteiger partial charge is 0.238 e. The molecule has 0 radical (unpaired) electrons. The van der Waals surface area contributed by atoms with Crippen LogP contribution < -0.4 is 4.72 Å². The standard InChI is InChI=1S/C23H24F2N2O3S/c1-14-3-4-16(19(24)11-14)12-18-20(27-31(29,30)23(6-7-23)8-10-28)13-17-15(2)5-9-26-22(17)21(18)25/h3-5,9,11,13,27-28H,6-8,10,12H2,1-2H3. The van der Waals surface area contributed by atoms with Gasteiger partial charge in [-0.2, -0.15) is 0 Å². The van der Waals surface area contributed by atoms with Crippen LogP contribution in [-0.2, 0) is 16.4 Å². The first kappa shape index (κ1) is 21.6. The van der Waals surface area contributed by atoms with Gasteiger partial charge < -0.3 is 5.11 Å². The third kappa shape index (κ3) is 3.90. The van der Waals surface area contributed by atoms with Gasteiger partial charge in [0, 0.05) is 30.2 Å². The maximum absolute atomic E-state index is 15.6. The maximum atomic E-state index is 15.6. The predicted octanol–water partition coefficient (Wildman–Crippen LogP) is 4.38. The van der Waals surface area contributed by atoms with Crippen LogP contribution >= 0.6 is 0 Å². The number of sulfonamides is 1. The topological polar surface area (TPSA) is 79.3 Å². The fourth-order valence-corrected chi connectivity index (χ4v) is 5.61. The summed E-state index contributed by atoms with van der Waals surface area (Å²) in [5.74, 6) is -1.16. The molecule has 0 spiro atoms. The molecular weight excluding hydrogens is 422 g/mol. The van der Waals surface area contributed by atoms with E-state index in [-0.39, 0.29) is 41.8 Å². The van der Waals surface area contributed by atoms with Crippen LogP contribution in [0.25, 0.3) is 10.9 Å². The summed E-state index contributed by atoms with van der Waals surface area (Å²) in [4.78, 5) is 4.13. The molecule has 1 aliphatic carbocycles. The van der Waals surface area contributed by atoms with Gasteiger partial charge in [0.1, 0.15) is 11.3 Å². The number of nitrogens with one attached hydrogen (secondary N) is 1. The fourth-order valence-electron chi connectivity index (χ4n) is 3.92. The van der Waals surface area contributed by atoms with Gasteiger partial charge in [-0.15, -0.1) is 0 Å². The molecular formula is C23H24F2N2O3S. The van der Waals surface area contributed by atoms with Crippen molar-refractivity contribution in [3.05, 3.63) is 70.4 Å². The van der Waals surface area contributed by atoms with E-state index in [1.54, 1.807) is 38.1 Å². The first-order valence-electron chi connectivity index (χ1n) is 10.1. The number of benzene rings is 2. The molecule has 0 bridgehead atoms. The normalized spacial score (nSPS) is 15.3. The molecule has 0 atom stereocenters. The summed E-state index contributed by atoms with van der Waals surface area (Å²) < 4.78 is 57.8. The second-order valence-corrected chi connectivity index (χ2v) is 10.4. The molecule has 164 valence electrons. The Hall–Kier alpha value is -2.58. The van der Waals surface area contributed by atoms with Crippen LogP contribution in [0, 0.1) is 25.5 Å². The lowest BCUT2D eigenvalue weighted by Crippen LogP contribution is -2.31. The lowest BCUT2D eigenvalue weighted by molar-refractivity contribution is 0.283. The van der Waals surface area contributed by atoms with Crippen LogP contribution in [0.2, 0.25) is 0 Å². The van der Waals surface area contributed by atoms with Gasteiger partial charge in [0.05, 0.1) is 10.4 Å².